The number of aromatic nitrogens is 1. The highest BCUT2D eigenvalue weighted by atomic mass is 16.4. The molecule has 0 atom stereocenters. The number of hydrogen-bond acceptors (Lipinski definition) is 3. The van der Waals surface area contributed by atoms with Crippen molar-refractivity contribution in [3.63, 3.8) is 0 Å². The molecule has 90 valence electrons. The van der Waals surface area contributed by atoms with Crippen molar-refractivity contribution in [1.29, 1.82) is 0 Å². The number of terminal acetylenes is 1. The third-order valence-electron chi connectivity index (χ3n) is 2.43. The summed E-state index contributed by atoms with van der Waals surface area (Å²) in [7, 11) is 0. The number of hydrogen-bond donors (Lipinski definition) is 1. The fraction of sp³-hybridized carbons (Fsp3) is 0.385. The van der Waals surface area contributed by atoms with Crippen LogP contribution >= 0.6 is 0 Å². The maximum Gasteiger partial charge on any atom is 0.339 e. The second-order valence-electron chi connectivity index (χ2n) is 3.76. The van der Waals surface area contributed by atoms with Gasteiger partial charge >= 0.3 is 5.97 Å². The van der Waals surface area contributed by atoms with Crippen LogP contribution in [0.4, 0.5) is 5.82 Å². The third-order valence-corrected chi connectivity index (χ3v) is 2.43. The molecule has 0 bridgehead atoms. The van der Waals surface area contributed by atoms with Crippen molar-refractivity contribution in [3.05, 3.63) is 23.4 Å². The molecule has 17 heavy (non-hydrogen) atoms. The lowest BCUT2D eigenvalue weighted by Crippen LogP contribution is -2.27. The Balaban J connectivity index is 3.23. The summed E-state index contributed by atoms with van der Waals surface area (Å²) >= 11 is 0. The molecule has 1 aromatic rings. The first-order valence-corrected chi connectivity index (χ1v) is 5.49. The molecule has 0 fully saturated rings. The van der Waals surface area contributed by atoms with Gasteiger partial charge in [-0.2, -0.15) is 0 Å². The van der Waals surface area contributed by atoms with Crippen molar-refractivity contribution in [3.8, 4) is 12.3 Å². The Kier molecular flexibility index (Phi) is 4.53. The third kappa shape index (κ3) is 2.97. The van der Waals surface area contributed by atoms with Gasteiger partial charge in [-0.15, -0.1) is 6.42 Å². The van der Waals surface area contributed by atoms with E-state index in [1.54, 1.807) is 19.2 Å². The van der Waals surface area contributed by atoms with E-state index in [0.717, 1.165) is 6.42 Å². The molecule has 1 heterocycles. The molecule has 0 aliphatic rings. The molecule has 1 N–H and O–H groups in total. The average Bonchev–Trinajstić information content (AvgIpc) is 2.28. The Morgan fingerprint density at radius 1 is 1.65 bits per heavy atom. The van der Waals surface area contributed by atoms with Crippen LogP contribution in [0.25, 0.3) is 0 Å². The minimum absolute atomic E-state index is 0.233. The molecule has 1 rings (SSSR count). The summed E-state index contributed by atoms with van der Waals surface area (Å²) in [6.45, 7) is 4.83. The Labute approximate surface area is 101 Å². The lowest BCUT2D eigenvalue weighted by atomic mass is 10.1. The van der Waals surface area contributed by atoms with E-state index in [-0.39, 0.29) is 5.56 Å². The second-order valence-corrected chi connectivity index (χ2v) is 3.76. The van der Waals surface area contributed by atoms with Crippen LogP contribution in [-0.4, -0.2) is 29.1 Å². The zero-order chi connectivity index (χ0) is 12.8. The van der Waals surface area contributed by atoms with Gasteiger partial charge in [0, 0.05) is 12.7 Å². The Morgan fingerprint density at radius 3 is 2.88 bits per heavy atom. The van der Waals surface area contributed by atoms with Crippen LogP contribution in [0.5, 0.6) is 0 Å². The van der Waals surface area contributed by atoms with Gasteiger partial charge in [0.2, 0.25) is 0 Å². The van der Waals surface area contributed by atoms with Gasteiger partial charge in [0.15, 0.2) is 0 Å². The zero-order valence-corrected chi connectivity index (χ0v) is 10.1. The molecule has 4 nitrogen and oxygen atoms in total. The summed E-state index contributed by atoms with van der Waals surface area (Å²) in [6, 6.07) is 1.69. The van der Waals surface area contributed by atoms with Crippen LogP contribution in [0.2, 0.25) is 0 Å². The molecule has 0 aliphatic heterocycles. The highest BCUT2D eigenvalue weighted by Crippen LogP contribution is 2.20. The normalized spacial score (nSPS) is 9.71. The number of carboxylic acid groups (broad SMARTS) is 1. The molecule has 0 aromatic carbocycles. The smallest absolute Gasteiger partial charge is 0.339 e. The van der Waals surface area contributed by atoms with Crippen LogP contribution in [0.15, 0.2) is 12.3 Å². The molecule has 4 heteroatoms. The van der Waals surface area contributed by atoms with E-state index in [9.17, 15) is 9.90 Å². The summed E-state index contributed by atoms with van der Waals surface area (Å²) in [4.78, 5) is 17.2. The number of carbonyl (C=O) groups is 1. The van der Waals surface area contributed by atoms with E-state index in [1.165, 1.54) is 0 Å². The summed E-state index contributed by atoms with van der Waals surface area (Å²) in [5.74, 6) is 2.02. The van der Waals surface area contributed by atoms with Gasteiger partial charge in [-0.05, 0) is 25.0 Å². The first-order chi connectivity index (χ1) is 8.11. The topological polar surface area (TPSA) is 53.4 Å². The highest BCUT2D eigenvalue weighted by Gasteiger charge is 2.18. The van der Waals surface area contributed by atoms with Crippen molar-refractivity contribution < 1.29 is 9.90 Å². The van der Waals surface area contributed by atoms with Crippen LogP contribution in [0.3, 0.4) is 0 Å². The summed E-state index contributed by atoms with van der Waals surface area (Å²) < 4.78 is 0. The summed E-state index contributed by atoms with van der Waals surface area (Å²) in [5, 5.41) is 9.21. The van der Waals surface area contributed by atoms with Crippen LogP contribution in [-0.2, 0) is 0 Å². The highest BCUT2D eigenvalue weighted by molar-refractivity contribution is 5.95. The number of pyridine rings is 1. The van der Waals surface area contributed by atoms with Gasteiger partial charge in [-0.1, -0.05) is 12.8 Å². The first kappa shape index (κ1) is 13.0. The average molecular weight is 232 g/mol. The summed E-state index contributed by atoms with van der Waals surface area (Å²) in [6.07, 6.45) is 7.79. The maximum absolute atomic E-state index is 11.2. The van der Waals surface area contributed by atoms with E-state index in [4.69, 9.17) is 6.42 Å². The molecule has 0 amide bonds. The van der Waals surface area contributed by atoms with Crippen LogP contribution in [0.1, 0.15) is 29.3 Å². The molecule has 0 aliphatic carbocycles. The van der Waals surface area contributed by atoms with Crippen LogP contribution < -0.4 is 4.90 Å². The fourth-order valence-corrected chi connectivity index (χ4v) is 1.69. The standard InChI is InChI=1S/C13H16N2O2/c1-4-8-15(9-5-2)12-11(13(16)17)10(3)6-7-14-12/h1,6-7H,5,8-9H2,2-3H3,(H,16,17). The number of nitrogens with zero attached hydrogens (tertiary/aromatic N) is 2. The molecule has 0 saturated carbocycles. The zero-order valence-electron chi connectivity index (χ0n) is 10.1. The maximum atomic E-state index is 11.2. The summed E-state index contributed by atoms with van der Waals surface area (Å²) in [5.41, 5.74) is 0.928. The van der Waals surface area contributed by atoms with Crippen molar-refractivity contribution in [2.24, 2.45) is 0 Å². The lowest BCUT2D eigenvalue weighted by Gasteiger charge is -2.22. The SMILES string of the molecule is C#CCN(CCC)c1nccc(C)c1C(=O)O. The van der Waals surface area contributed by atoms with Gasteiger partial charge in [0.1, 0.15) is 11.4 Å². The Hall–Kier alpha value is -2.02. The van der Waals surface area contributed by atoms with Crippen molar-refractivity contribution >= 4 is 11.8 Å². The molecule has 1 aromatic heterocycles. The van der Waals surface area contributed by atoms with Gasteiger partial charge in [0.25, 0.3) is 0 Å². The van der Waals surface area contributed by atoms with Gasteiger partial charge in [0.05, 0.1) is 6.54 Å². The van der Waals surface area contributed by atoms with Gasteiger partial charge in [-0.25, -0.2) is 9.78 Å². The number of rotatable bonds is 5. The van der Waals surface area contributed by atoms with E-state index in [1.807, 2.05) is 11.8 Å². The monoisotopic (exact) mass is 232 g/mol. The molecular formula is C13H16N2O2. The Morgan fingerprint density at radius 2 is 2.35 bits per heavy atom. The molecule has 0 spiro atoms. The van der Waals surface area contributed by atoms with Crippen molar-refractivity contribution in [2.75, 3.05) is 18.0 Å². The minimum Gasteiger partial charge on any atom is -0.478 e. The Bertz CT molecular complexity index is 449. The van der Waals surface area contributed by atoms with Crippen LogP contribution in [0, 0.1) is 19.3 Å². The largest absolute Gasteiger partial charge is 0.478 e. The van der Waals surface area contributed by atoms with Crippen molar-refractivity contribution in [2.45, 2.75) is 20.3 Å². The first-order valence-electron chi connectivity index (χ1n) is 5.49. The predicted molar refractivity (Wildman–Crippen MR) is 67.3 cm³/mol. The van der Waals surface area contributed by atoms with E-state index < -0.39 is 5.97 Å². The number of aryl methyl sites for hydroxylation is 1. The second kappa shape index (κ2) is 5.90. The van der Waals surface area contributed by atoms with E-state index >= 15 is 0 Å². The molecule has 0 unspecified atom stereocenters. The number of carboxylic acids is 1. The molecule has 0 saturated heterocycles. The van der Waals surface area contributed by atoms with Gasteiger partial charge < -0.3 is 10.0 Å². The lowest BCUT2D eigenvalue weighted by molar-refractivity contribution is 0.0696. The molecular weight excluding hydrogens is 216 g/mol. The quantitative estimate of drug-likeness (QED) is 0.788. The number of anilines is 1. The van der Waals surface area contributed by atoms with E-state index in [2.05, 4.69) is 10.9 Å². The minimum atomic E-state index is -0.969. The predicted octanol–water partition coefficient (Wildman–Crippen LogP) is 1.94. The van der Waals surface area contributed by atoms with Gasteiger partial charge in [-0.3, -0.25) is 0 Å². The van der Waals surface area contributed by atoms with E-state index in [0.29, 0.717) is 24.5 Å². The fourth-order valence-electron chi connectivity index (χ4n) is 1.69. The molecule has 0 radical (unpaired) electrons. The van der Waals surface area contributed by atoms with Crippen molar-refractivity contribution in [1.82, 2.24) is 4.98 Å². The number of aromatic carboxylic acids is 1.